The van der Waals surface area contributed by atoms with Crippen LogP contribution in [-0.2, 0) is 19.6 Å². The number of methoxy groups -OCH3 is 1. The summed E-state index contributed by atoms with van der Waals surface area (Å²) in [6.45, 7) is 0.176. The summed E-state index contributed by atoms with van der Waals surface area (Å²) in [5.41, 5.74) is 0. The van der Waals surface area contributed by atoms with E-state index < -0.39 is 27.9 Å². The molecule has 0 aromatic heterocycles. The molecule has 110 valence electrons. The monoisotopic (exact) mass is 321 g/mol. The molecule has 1 aromatic rings. The van der Waals surface area contributed by atoms with Crippen LogP contribution in [0.1, 0.15) is 12.8 Å². The van der Waals surface area contributed by atoms with Gasteiger partial charge in [0.25, 0.3) is 0 Å². The third kappa shape index (κ3) is 2.65. The number of benzene rings is 1. The Bertz CT molecular complexity index is 634. The predicted molar refractivity (Wildman–Crippen MR) is 70.3 cm³/mol. The van der Waals surface area contributed by atoms with Crippen molar-refractivity contribution >= 4 is 27.6 Å². The fourth-order valence-corrected chi connectivity index (χ4v) is 4.34. The molecule has 0 N–H and O–H groups in total. The first-order valence-corrected chi connectivity index (χ1v) is 7.74. The zero-order chi connectivity index (χ0) is 14.9. The third-order valence-electron chi connectivity index (χ3n) is 3.16. The third-order valence-corrected chi connectivity index (χ3v) is 5.55. The van der Waals surface area contributed by atoms with E-state index in [1.54, 1.807) is 0 Å². The number of rotatable bonds is 3. The largest absolute Gasteiger partial charge is 0.468 e. The van der Waals surface area contributed by atoms with Crippen molar-refractivity contribution < 1.29 is 22.3 Å². The average Bonchev–Trinajstić information content (AvgIpc) is 2.90. The van der Waals surface area contributed by atoms with Gasteiger partial charge in [0, 0.05) is 6.54 Å². The molecule has 20 heavy (non-hydrogen) atoms. The summed E-state index contributed by atoms with van der Waals surface area (Å²) in [5, 5.41) is -0.0816. The molecule has 1 aliphatic heterocycles. The number of halogens is 2. The van der Waals surface area contributed by atoms with Crippen molar-refractivity contribution in [2.45, 2.75) is 23.8 Å². The van der Waals surface area contributed by atoms with Crippen molar-refractivity contribution in [2.75, 3.05) is 13.7 Å². The fraction of sp³-hybridized carbons (Fsp3) is 0.417. The van der Waals surface area contributed by atoms with E-state index in [9.17, 15) is 17.6 Å². The van der Waals surface area contributed by atoms with Crippen molar-refractivity contribution in [3.05, 3.63) is 29.0 Å². The highest BCUT2D eigenvalue weighted by molar-refractivity contribution is 7.89. The molecule has 1 atom stereocenters. The molecular formula is C12H13ClFNO4S. The molecule has 1 unspecified atom stereocenters. The van der Waals surface area contributed by atoms with Crippen molar-refractivity contribution in [3.8, 4) is 0 Å². The van der Waals surface area contributed by atoms with E-state index in [1.165, 1.54) is 13.2 Å². The van der Waals surface area contributed by atoms with Crippen LogP contribution >= 0.6 is 11.6 Å². The molecule has 0 amide bonds. The first-order chi connectivity index (χ1) is 9.37. The Kier molecular flexibility index (Phi) is 4.31. The van der Waals surface area contributed by atoms with Crippen LogP contribution in [0.5, 0.6) is 0 Å². The van der Waals surface area contributed by atoms with E-state index >= 15 is 0 Å². The van der Waals surface area contributed by atoms with E-state index in [-0.39, 0.29) is 16.5 Å². The molecular weight excluding hydrogens is 309 g/mol. The van der Waals surface area contributed by atoms with E-state index in [4.69, 9.17) is 11.6 Å². The number of nitrogens with zero attached hydrogens (tertiary/aromatic N) is 1. The zero-order valence-corrected chi connectivity index (χ0v) is 12.2. The summed E-state index contributed by atoms with van der Waals surface area (Å²) in [6, 6.07) is 2.21. The van der Waals surface area contributed by atoms with E-state index in [2.05, 4.69) is 4.74 Å². The van der Waals surface area contributed by atoms with Gasteiger partial charge in [-0.05, 0) is 31.0 Å². The first kappa shape index (κ1) is 15.2. The minimum absolute atomic E-state index is 0.0816. The lowest BCUT2D eigenvalue weighted by Crippen LogP contribution is -2.41. The smallest absolute Gasteiger partial charge is 0.324 e. The molecule has 0 radical (unpaired) electrons. The molecule has 2 rings (SSSR count). The Hall–Kier alpha value is -1.18. The minimum atomic E-state index is -4.04. The first-order valence-electron chi connectivity index (χ1n) is 5.92. The predicted octanol–water partition coefficient (Wildman–Crippen LogP) is 1.81. The zero-order valence-electron chi connectivity index (χ0n) is 10.7. The van der Waals surface area contributed by atoms with Crippen molar-refractivity contribution in [2.24, 2.45) is 0 Å². The number of esters is 1. The van der Waals surface area contributed by atoms with Gasteiger partial charge in [-0.1, -0.05) is 11.6 Å². The molecule has 0 bridgehead atoms. The van der Waals surface area contributed by atoms with Gasteiger partial charge in [0.1, 0.15) is 16.8 Å². The average molecular weight is 322 g/mol. The number of hydrogen-bond donors (Lipinski definition) is 0. The highest BCUT2D eigenvalue weighted by Crippen LogP contribution is 2.31. The number of sulfonamides is 1. The Balaban J connectivity index is 2.44. The van der Waals surface area contributed by atoms with Crippen LogP contribution < -0.4 is 0 Å². The number of hydrogen-bond acceptors (Lipinski definition) is 4. The van der Waals surface area contributed by atoms with Crippen LogP contribution in [0.4, 0.5) is 4.39 Å². The molecule has 0 aliphatic carbocycles. The van der Waals surface area contributed by atoms with Gasteiger partial charge in [0.2, 0.25) is 10.0 Å². The van der Waals surface area contributed by atoms with Crippen LogP contribution in [0, 0.1) is 5.82 Å². The summed E-state index contributed by atoms with van der Waals surface area (Å²) in [7, 11) is -2.84. The summed E-state index contributed by atoms with van der Waals surface area (Å²) in [4.78, 5) is 11.3. The maximum Gasteiger partial charge on any atom is 0.324 e. The maximum atomic E-state index is 13.3. The van der Waals surface area contributed by atoms with Crippen LogP contribution in [0.25, 0.3) is 0 Å². The topological polar surface area (TPSA) is 63.7 Å². The number of carbonyl (C=O) groups is 1. The van der Waals surface area contributed by atoms with Crippen molar-refractivity contribution in [3.63, 3.8) is 0 Å². The lowest BCUT2D eigenvalue weighted by atomic mass is 10.2. The molecule has 1 heterocycles. The second kappa shape index (κ2) is 5.67. The van der Waals surface area contributed by atoms with E-state index in [0.29, 0.717) is 12.8 Å². The van der Waals surface area contributed by atoms with Crippen LogP contribution in [0.15, 0.2) is 23.1 Å². The van der Waals surface area contributed by atoms with Crippen LogP contribution in [-0.4, -0.2) is 38.4 Å². The summed E-state index contributed by atoms with van der Waals surface area (Å²) in [6.07, 6.45) is 0.908. The molecule has 1 aliphatic rings. The quantitative estimate of drug-likeness (QED) is 0.796. The number of carbonyl (C=O) groups excluding carboxylic acids is 1. The van der Waals surface area contributed by atoms with Crippen molar-refractivity contribution in [1.29, 1.82) is 0 Å². The second-order valence-corrected chi connectivity index (χ2v) is 6.64. The summed E-state index contributed by atoms with van der Waals surface area (Å²) < 4.78 is 43.9. The fourth-order valence-electron chi connectivity index (χ4n) is 2.20. The molecule has 8 heteroatoms. The molecule has 0 saturated carbocycles. The van der Waals surface area contributed by atoms with E-state index in [1.807, 2.05) is 0 Å². The van der Waals surface area contributed by atoms with Gasteiger partial charge in [0.05, 0.1) is 12.1 Å². The van der Waals surface area contributed by atoms with Gasteiger partial charge in [-0.2, -0.15) is 4.31 Å². The summed E-state index contributed by atoms with van der Waals surface area (Å²) in [5.74, 6) is -1.33. The van der Waals surface area contributed by atoms with Gasteiger partial charge in [-0.3, -0.25) is 4.79 Å². The Morgan fingerprint density at radius 1 is 1.50 bits per heavy atom. The van der Waals surface area contributed by atoms with Crippen LogP contribution in [0.3, 0.4) is 0 Å². The second-order valence-electron chi connectivity index (χ2n) is 4.37. The molecule has 0 spiro atoms. The normalized spacial score (nSPS) is 20.1. The van der Waals surface area contributed by atoms with Crippen molar-refractivity contribution in [1.82, 2.24) is 4.31 Å². The molecule has 5 nitrogen and oxygen atoms in total. The Morgan fingerprint density at radius 2 is 2.20 bits per heavy atom. The molecule has 1 saturated heterocycles. The van der Waals surface area contributed by atoms with Crippen LogP contribution in [0.2, 0.25) is 5.02 Å². The highest BCUT2D eigenvalue weighted by atomic mass is 35.5. The van der Waals surface area contributed by atoms with Gasteiger partial charge in [0.15, 0.2) is 0 Å². The lowest BCUT2D eigenvalue weighted by molar-refractivity contribution is -0.144. The molecule has 1 fully saturated rings. The van der Waals surface area contributed by atoms with E-state index in [0.717, 1.165) is 16.4 Å². The maximum absolute atomic E-state index is 13.3. The van der Waals surface area contributed by atoms with Gasteiger partial charge in [-0.15, -0.1) is 0 Å². The standard InChI is InChI=1S/C12H13ClFNO4S/c1-19-12(16)10-3-2-6-15(10)20(17,18)11-7-8(14)4-5-9(11)13/h4-5,7,10H,2-3,6H2,1H3. The van der Waals surface area contributed by atoms with Gasteiger partial charge >= 0.3 is 5.97 Å². The Labute approximate surface area is 121 Å². The molecule has 1 aromatic carbocycles. The minimum Gasteiger partial charge on any atom is -0.468 e. The lowest BCUT2D eigenvalue weighted by Gasteiger charge is -2.22. The van der Waals surface area contributed by atoms with Gasteiger partial charge < -0.3 is 4.74 Å². The Morgan fingerprint density at radius 3 is 2.85 bits per heavy atom. The number of ether oxygens (including phenoxy) is 1. The SMILES string of the molecule is COC(=O)C1CCCN1S(=O)(=O)c1cc(F)ccc1Cl. The summed E-state index contributed by atoms with van der Waals surface area (Å²) >= 11 is 5.83. The highest BCUT2D eigenvalue weighted by Gasteiger charge is 2.40. The van der Waals surface area contributed by atoms with Gasteiger partial charge in [-0.25, -0.2) is 12.8 Å².